The van der Waals surface area contributed by atoms with E-state index in [0.717, 1.165) is 12.8 Å². The molecule has 3 heteroatoms. The second-order valence-corrected chi connectivity index (χ2v) is 5.85. The van der Waals surface area contributed by atoms with Gasteiger partial charge in [0.15, 0.2) is 0 Å². The van der Waals surface area contributed by atoms with Crippen LogP contribution in [0.15, 0.2) is 0 Å². The van der Waals surface area contributed by atoms with Crippen LogP contribution in [0.2, 0.25) is 0 Å². The molecule has 2 rings (SSSR count). The molecule has 0 aromatic carbocycles. The Morgan fingerprint density at radius 3 is 2.62 bits per heavy atom. The largest absolute Gasteiger partial charge is 0.341 e. The standard InChI is InChI=1S/C13H21NO2/c1-4-9-8-14(6-5-11(9)15)12(16)10-7-13(10,2)3/h9-10H,4-8H2,1-3H3. The average Bonchev–Trinajstić information content (AvgIpc) is 2.87. The van der Waals surface area contributed by atoms with E-state index in [4.69, 9.17) is 0 Å². The van der Waals surface area contributed by atoms with Gasteiger partial charge in [-0.25, -0.2) is 0 Å². The molecule has 2 fully saturated rings. The van der Waals surface area contributed by atoms with E-state index in [1.54, 1.807) is 0 Å². The molecule has 90 valence electrons. The molecule has 2 atom stereocenters. The second kappa shape index (κ2) is 3.86. The molecule has 16 heavy (non-hydrogen) atoms. The molecule has 0 aromatic rings. The molecule has 0 aromatic heterocycles. The maximum Gasteiger partial charge on any atom is 0.226 e. The fourth-order valence-corrected chi connectivity index (χ4v) is 2.57. The first-order valence-electron chi connectivity index (χ1n) is 6.27. The molecule has 2 aliphatic rings. The van der Waals surface area contributed by atoms with Crippen LogP contribution in [-0.4, -0.2) is 29.7 Å². The van der Waals surface area contributed by atoms with E-state index in [9.17, 15) is 9.59 Å². The summed E-state index contributed by atoms with van der Waals surface area (Å²) in [6.07, 6.45) is 2.42. The quantitative estimate of drug-likeness (QED) is 0.716. The normalized spacial score (nSPS) is 32.7. The van der Waals surface area contributed by atoms with Gasteiger partial charge in [0.25, 0.3) is 0 Å². The summed E-state index contributed by atoms with van der Waals surface area (Å²) in [5, 5.41) is 0. The van der Waals surface area contributed by atoms with Crippen molar-refractivity contribution in [2.75, 3.05) is 13.1 Å². The topological polar surface area (TPSA) is 37.4 Å². The summed E-state index contributed by atoms with van der Waals surface area (Å²) in [4.78, 5) is 25.6. The minimum Gasteiger partial charge on any atom is -0.341 e. The predicted octanol–water partition coefficient (Wildman–Crippen LogP) is 1.86. The molecule has 3 nitrogen and oxygen atoms in total. The maximum atomic E-state index is 12.2. The van der Waals surface area contributed by atoms with Crippen molar-refractivity contribution in [2.45, 2.75) is 40.0 Å². The van der Waals surface area contributed by atoms with E-state index in [1.165, 1.54) is 0 Å². The van der Waals surface area contributed by atoms with E-state index < -0.39 is 0 Å². The van der Waals surface area contributed by atoms with E-state index in [2.05, 4.69) is 13.8 Å². The number of rotatable bonds is 2. The molecule has 0 N–H and O–H groups in total. The van der Waals surface area contributed by atoms with Crippen molar-refractivity contribution in [3.05, 3.63) is 0 Å². The lowest BCUT2D eigenvalue weighted by Crippen LogP contribution is -2.45. The van der Waals surface area contributed by atoms with Crippen molar-refractivity contribution in [3.63, 3.8) is 0 Å². The number of hydrogen-bond acceptors (Lipinski definition) is 2. The van der Waals surface area contributed by atoms with Crippen LogP contribution in [0.5, 0.6) is 0 Å². The smallest absolute Gasteiger partial charge is 0.226 e. The van der Waals surface area contributed by atoms with Gasteiger partial charge in [-0.3, -0.25) is 9.59 Å². The number of ketones is 1. The summed E-state index contributed by atoms with van der Waals surface area (Å²) in [7, 11) is 0. The number of nitrogens with zero attached hydrogens (tertiary/aromatic N) is 1. The van der Waals surface area contributed by atoms with Crippen molar-refractivity contribution in [2.24, 2.45) is 17.3 Å². The number of amides is 1. The van der Waals surface area contributed by atoms with Gasteiger partial charge in [0, 0.05) is 31.3 Å². The van der Waals surface area contributed by atoms with Gasteiger partial charge in [-0.2, -0.15) is 0 Å². The van der Waals surface area contributed by atoms with Gasteiger partial charge < -0.3 is 4.90 Å². The summed E-state index contributed by atoms with van der Waals surface area (Å²) in [5.74, 6) is 0.898. The summed E-state index contributed by atoms with van der Waals surface area (Å²) in [6.45, 7) is 7.60. The van der Waals surface area contributed by atoms with Gasteiger partial charge in [0.05, 0.1) is 0 Å². The molecule has 0 spiro atoms. The van der Waals surface area contributed by atoms with Gasteiger partial charge in [-0.15, -0.1) is 0 Å². The lowest BCUT2D eigenvalue weighted by atomic mass is 9.93. The number of likely N-dealkylation sites (tertiary alicyclic amines) is 1. The number of carbonyl (C=O) groups is 2. The highest BCUT2D eigenvalue weighted by molar-refractivity contribution is 5.87. The molecule has 1 saturated heterocycles. The van der Waals surface area contributed by atoms with Crippen molar-refractivity contribution in [1.29, 1.82) is 0 Å². The van der Waals surface area contributed by atoms with E-state index in [0.29, 0.717) is 25.3 Å². The lowest BCUT2D eigenvalue weighted by Gasteiger charge is -2.31. The zero-order valence-corrected chi connectivity index (χ0v) is 10.5. The summed E-state index contributed by atoms with van der Waals surface area (Å²) in [6, 6.07) is 0. The van der Waals surface area contributed by atoms with Crippen LogP contribution < -0.4 is 0 Å². The molecule has 1 amide bonds. The predicted molar refractivity (Wildman–Crippen MR) is 61.9 cm³/mol. The maximum absolute atomic E-state index is 12.2. The van der Waals surface area contributed by atoms with Gasteiger partial charge in [0.1, 0.15) is 5.78 Å². The van der Waals surface area contributed by atoms with Gasteiger partial charge >= 0.3 is 0 Å². The fraction of sp³-hybridized carbons (Fsp3) is 0.846. The number of hydrogen-bond donors (Lipinski definition) is 0. The summed E-state index contributed by atoms with van der Waals surface area (Å²) >= 11 is 0. The third-order valence-electron chi connectivity index (χ3n) is 4.14. The van der Waals surface area contributed by atoms with Crippen molar-refractivity contribution < 1.29 is 9.59 Å². The molecule has 0 bridgehead atoms. The van der Waals surface area contributed by atoms with Crippen LogP contribution >= 0.6 is 0 Å². The Kier molecular flexibility index (Phi) is 2.81. The minimum absolute atomic E-state index is 0.0829. The number of piperidine rings is 1. The van der Waals surface area contributed by atoms with E-state index in [-0.39, 0.29) is 23.2 Å². The van der Waals surface area contributed by atoms with Gasteiger partial charge in [0.2, 0.25) is 5.91 Å². The third kappa shape index (κ3) is 2.00. The van der Waals surface area contributed by atoms with Crippen molar-refractivity contribution in [1.82, 2.24) is 4.90 Å². The molecule has 1 aliphatic heterocycles. The van der Waals surface area contributed by atoms with E-state index in [1.807, 2.05) is 11.8 Å². The molecule has 0 radical (unpaired) electrons. The number of carbonyl (C=O) groups excluding carboxylic acids is 2. The monoisotopic (exact) mass is 223 g/mol. The highest BCUT2D eigenvalue weighted by Crippen LogP contribution is 2.52. The van der Waals surface area contributed by atoms with Crippen LogP contribution in [0, 0.1) is 17.3 Å². The Morgan fingerprint density at radius 2 is 2.12 bits per heavy atom. The Labute approximate surface area is 97.2 Å². The summed E-state index contributed by atoms with van der Waals surface area (Å²) < 4.78 is 0. The minimum atomic E-state index is 0.0829. The van der Waals surface area contributed by atoms with Crippen LogP contribution in [0.25, 0.3) is 0 Å². The SMILES string of the molecule is CCC1CN(C(=O)C2CC2(C)C)CCC1=O. The lowest BCUT2D eigenvalue weighted by molar-refractivity contribution is -0.138. The van der Waals surface area contributed by atoms with Crippen LogP contribution in [0.1, 0.15) is 40.0 Å². The molecule has 1 heterocycles. The van der Waals surface area contributed by atoms with Crippen LogP contribution in [-0.2, 0) is 9.59 Å². The zero-order valence-electron chi connectivity index (χ0n) is 10.5. The van der Waals surface area contributed by atoms with Crippen LogP contribution in [0.3, 0.4) is 0 Å². The first kappa shape index (κ1) is 11.6. The summed E-state index contributed by atoms with van der Waals surface area (Å²) in [5.41, 5.74) is 0.195. The van der Waals surface area contributed by atoms with Crippen molar-refractivity contribution in [3.8, 4) is 0 Å². The Hall–Kier alpha value is -0.860. The van der Waals surface area contributed by atoms with Gasteiger partial charge in [-0.05, 0) is 18.3 Å². The second-order valence-electron chi connectivity index (χ2n) is 5.85. The average molecular weight is 223 g/mol. The molecular weight excluding hydrogens is 202 g/mol. The van der Waals surface area contributed by atoms with Crippen molar-refractivity contribution >= 4 is 11.7 Å². The molecule has 2 unspecified atom stereocenters. The Morgan fingerprint density at radius 1 is 1.50 bits per heavy atom. The molecular formula is C13H21NO2. The van der Waals surface area contributed by atoms with Crippen LogP contribution in [0.4, 0.5) is 0 Å². The third-order valence-corrected chi connectivity index (χ3v) is 4.14. The first-order valence-corrected chi connectivity index (χ1v) is 6.27. The fourth-order valence-electron chi connectivity index (χ4n) is 2.57. The Balaban J connectivity index is 1.96. The molecule has 1 aliphatic carbocycles. The zero-order chi connectivity index (χ0) is 11.9. The molecule has 1 saturated carbocycles. The highest BCUT2D eigenvalue weighted by atomic mass is 16.2. The van der Waals surface area contributed by atoms with E-state index >= 15 is 0 Å². The Bertz CT molecular complexity index is 322. The van der Waals surface area contributed by atoms with Gasteiger partial charge in [-0.1, -0.05) is 20.8 Å². The number of Topliss-reactive ketones (excluding diaryl/α,β-unsaturated/α-hetero) is 1. The first-order chi connectivity index (χ1) is 7.45. The highest BCUT2D eigenvalue weighted by Gasteiger charge is 2.52.